The van der Waals surface area contributed by atoms with Gasteiger partial charge in [-0.1, -0.05) is 138 Å². The van der Waals surface area contributed by atoms with Gasteiger partial charge in [0.25, 0.3) is 0 Å². The molecule has 0 saturated heterocycles. The molecule has 8 aromatic rings. The van der Waals surface area contributed by atoms with Crippen LogP contribution in [0.1, 0.15) is 68.9 Å². The zero-order valence-corrected chi connectivity index (χ0v) is 30.3. The van der Waals surface area contributed by atoms with E-state index < -0.39 is 0 Å². The standard InChI is InChI=1S/C50H44/c1-8-49(4,5)36-24-34-26-42(45-30(2)16-15-17-31(45)3)38-23-22-37-41-28-39(32-18-11-9-12-19-32)40(33-20-13-10-14-21-33)29-43(41)50(6,7)44-27-35(25-36)46(34)48(38)47(37)44/h9-29H,8H2,1-7H3. The summed E-state index contributed by atoms with van der Waals surface area (Å²) in [5.41, 5.74) is 17.2. The highest BCUT2D eigenvalue weighted by atomic mass is 14.4. The Morgan fingerprint density at radius 2 is 1.10 bits per heavy atom. The Balaban J connectivity index is 1.46. The first-order valence-corrected chi connectivity index (χ1v) is 18.3. The molecule has 1 aliphatic rings. The van der Waals surface area contributed by atoms with Crippen LogP contribution >= 0.6 is 0 Å². The van der Waals surface area contributed by atoms with E-state index in [-0.39, 0.29) is 10.8 Å². The molecular weight excluding hydrogens is 601 g/mol. The van der Waals surface area contributed by atoms with E-state index in [0.717, 1.165) is 6.42 Å². The van der Waals surface area contributed by atoms with Gasteiger partial charge in [-0.25, -0.2) is 0 Å². The molecule has 0 heterocycles. The zero-order valence-electron chi connectivity index (χ0n) is 30.3. The summed E-state index contributed by atoms with van der Waals surface area (Å²) < 4.78 is 0. The van der Waals surface area contributed by atoms with Crippen LogP contribution in [0.5, 0.6) is 0 Å². The van der Waals surface area contributed by atoms with E-state index in [4.69, 9.17) is 0 Å². The minimum atomic E-state index is -0.218. The lowest BCUT2D eigenvalue weighted by molar-refractivity contribution is 0.507. The summed E-state index contributed by atoms with van der Waals surface area (Å²) in [6, 6.07) is 48.5. The van der Waals surface area contributed by atoms with Gasteiger partial charge in [-0.2, -0.15) is 0 Å². The molecule has 0 aromatic heterocycles. The van der Waals surface area contributed by atoms with Crippen molar-refractivity contribution in [3.05, 3.63) is 155 Å². The van der Waals surface area contributed by atoms with Crippen molar-refractivity contribution in [3.8, 4) is 44.5 Å². The molecule has 244 valence electrons. The number of benzene rings is 8. The lowest BCUT2D eigenvalue weighted by Gasteiger charge is -2.37. The van der Waals surface area contributed by atoms with Crippen molar-refractivity contribution in [2.75, 3.05) is 0 Å². The van der Waals surface area contributed by atoms with Crippen molar-refractivity contribution >= 4 is 32.3 Å². The normalized spacial score (nSPS) is 13.7. The molecule has 0 fully saturated rings. The van der Waals surface area contributed by atoms with Crippen LogP contribution in [-0.2, 0) is 10.8 Å². The van der Waals surface area contributed by atoms with E-state index in [9.17, 15) is 0 Å². The van der Waals surface area contributed by atoms with E-state index in [1.807, 2.05) is 0 Å². The summed E-state index contributed by atoms with van der Waals surface area (Å²) in [7, 11) is 0. The average Bonchev–Trinajstić information content (AvgIpc) is 3.13. The van der Waals surface area contributed by atoms with E-state index in [1.165, 1.54) is 105 Å². The van der Waals surface area contributed by atoms with Gasteiger partial charge >= 0.3 is 0 Å². The molecule has 0 N–H and O–H groups in total. The van der Waals surface area contributed by atoms with Gasteiger partial charge in [0.1, 0.15) is 0 Å². The molecule has 0 unspecified atom stereocenters. The fourth-order valence-corrected chi connectivity index (χ4v) is 8.99. The second kappa shape index (κ2) is 10.9. The fraction of sp³-hybridized carbons (Fsp3) is 0.200. The van der Waals surface area contributed by atoms with Crippen LogP contribution in [-0.4, -0.2) is 0 Å². The molecule has 0 aliphatic heterocycles. The summed E-state index contributed by atoms with van der Waals surface area (Å²) in [5, 5.41) is 8.29. The molecule has 50 heavy (non-hydrogen) atoms. The van der Waals surface area contributed by atoms with Gasteiger partial charge < -0.3 is 0 Å². The summed E-state index contributed by atoms with van der Waals surface area (Å²) in [5.74, 6) is 0. The maximum atomic E-state index is 2.55. The topological polar surface area (TPSA) is 0 Å². The van der Waals surface area contributed by atoms with Gasteiger partial charge in [0.05, 0.1) is 0 Å². The molecule has 0 atom stereocenters. The highest BCUT2D eigenvalue weighted by Crippen LogP contribution is 2.55. The maximum Gasteiger partial charge on any atom is 0.0159 e. The predicted octanol–water partition coefficient (Wildman–Crippen LogP) is 14.2. The molecule has 0 bridgehead atoms. The van der Waals surface area contributed by atoms with Crippen LogP contribution in [0.2, 0.25) is 0 Å². The van der Waals surface area contributed by atoms with Crippen molar-refractivity contribution in [3.63, 3.8) is 0 Å². The third-order valence-corrected chi connectivity index (χ3v) is 12.2. The van der Waals surface area contributed by atoms with Crippen LogP contribution < -0.4 is 0 Å². The molecule has 0 spiro atoms. The van der Waals surface area contributed by atoms with Gasteiger partial charge in [-0.05, 0) is 155 Å². The minimum Gasteiger partial charge on any atom is -0.0646 e. The molecule has 9 rings (SSSR count). The Hall–Kier alpha value is -5.20. The van der Waals surface area contributed by atoms with Gasteiger partial charge in [-0.3, -0.25) is 0 Å². The summed E-state index contributed by atoms with van der Waals surface area (Å²) >= 11 is 0. The summed E-state index contributed by atoms with van der Waals surface area (Å²) in [4.78, 5) is 0. The molecule has 0 radical (unpaired) electrons. The van der Waals surface area contributed by atoms with Gasteiger partial charge in [0.15, 0.2) is 0 Å². The Kier molecular flexibility index (Phi) is 6.72. The van der Waals surface area contributed by atoms with Gasteiger partial charge in [-0.15, -0.1) is 0 Å². The minimum absolute atomic E-state index is 0.0755. The molecule has 0 nitrogen and oxygen atoms in total. The molecule has 0 saturated carbocycles. The highest BCUT2D eigenvalue weighted by Gasteiger charge is 2.36. The summed E-state index contributed by atoms with van der Waals surface area (Å²) in [6.07, 6.45) is 1.09. The van der Waals surface area contributed by atoms with Crippen molar-refractivity contribution in [1.82, 2.24) is 0 Å². The molecule has 8 aromatic carbocycles. The van der Waals surface area contributed by atoms with Crippen LogP contribution in [0.3, 0.4) is 0 Å². The first-order valence-electron chi connectivity index (χ1n) is 18.3. The van der Waals surface area contributed by atoms with E-state index >= 15 is 0 Å². The predicted molar refractivity (Wildman–Crippen MR) is 217 cm³/mol. The lowest BCUT2D eigenvalue weighted by Crippen LogP contribution is -2.24. The Labute approximate surface area is 296 Å². The summed E-state index contributed by atoms with van der Waals surface area (Å²) in [6.45, 7) is 16.5. The number of rotatable bonds is 5. The fourth-order valence-electron chi connectivity index (χ4n) is 8.99. The molecule has 0 amide bonds. The van der Waals surface area contributed by atoms with Crippen molar-refractivity contribution in [2.24, 2.45) is 0 Å². The van der Waals surface area contributed by atoms with Crippen LogP contribution in [0.25, 0.3) is 76.8 Å². The maximum absolute atomic E-state index is 2.55. The lowest BCUT2D eigenvalue weighted by atomic mass is 9.65. The number of aryl methyl sites for hydroxylation is 2. The van der Waals surface area contributed by atoms with Crippen LogP contribution in [0.4, 0.5) is 0 Å². The smallest absolute Gasteiger partial charge is 0.0159 e. The van der Waals surface area contributed by atoms with E-state index in [0.29, 0.717) is 0 Å². The Morgan fingerprint density at radius 3 is 1.72 bits per heavy atom. The van der Waals surface area contributed by atoms with Crippen LogP contribution in [0.15, 0.2) is 127 Å². The first kappa shape index (κ1) is 30.8. The van der Waals surface area contributed by atoms with Gasteiger partial charge in [0.2, 0.25) is 0 Å². The Morgan fingerprint density at radius 1 is 0.500 bits per heavy atom. The first-order chi connectivity index (χ1) is 24.1. The van der Waals surface area contributed by atoms with Gasteiger partial charge in [0, 0.05) is 5.41 Å². The largest absolute Gasteiger partial charge is 0.0646 e. The van der Waals surface area contributed by atoms with Crippen molar-refractivity contribution < 1.29 is 0 Å². The number of hydrogen-bond donors (Lipinski definition) is 0. The third kappa shape index (κ3) is 4.37. The molecular formula is C50H44. The third-order valence-electron chi connectivity index (χ3n) is 12.2. The van der Waals surface area contributed by atoms with E-state index in [1.54, 1.807) is 0 Å². The molecule has 1 aliphatic carbocycles. The number of fused-ring (bicyclic) bond motifs is 2. The highest BCUT2D eigenvalue weighted by molar-refractivity contribution is 6.30. The second-order valence-electron chi connectivity index (χ2n) is 15.9. The zero-order chi connectivity index (χ0) is 34.5. The number of hydrogen-bond acceptors (Lipinski definition) is 0. The average molecular weight is 645 g/mol. The SMILES string of the molecule is CCC(C)(C)c1cc2cc(-c3c(C)cccc3C)c3ccc4c5c(cc(c1)c2c35)C(C)(C)c1cc(-c2ccccc2)c(-c2ccccc2)cc1-4. The van der Waals surface area contributed by atoms with E-state index in [2.05, 4.69) is 176 Å². The Bertz CT molecular complexity index is 2600. The quantitative estimate of drug-likeness (QED) is 0.164. The van der Waals surface area contributed by atoms with Crippen molar-refractivity contribution in [2.45, 2.75) is 65.7 Å². The van der Waals surface area contributed by atoms with Crippen LogP contribution in [0, 0.1) is 13.8 Å². The molecule has 0 heteroatoms. The van der Waals surface area contributed by atoms with Crippen molar-refractivity contribution in [1.29, 1.82) is 0 Å². The second-order valence-corrected chi connectivity index (χ2v) is 15.9. The monoisotopic (exact) mass is 644 g/mol.